The highest BCUT2D eigenvalue weighted by Gasteiger charge is 2.32. The minimum atomic E-state index is -3.41. The van der Waals surface area contributed by atoms with Gasteiger partial charge in [0.2, 0.25) is 5.91 Å². The predicted molar refractivity (Wildman–Crippen MR) is 104 cm³/mol. The number of carbonyl (C=O) groups excluding carboxylic acids is 1. The number of amides is 1. The molecule has 0 atom stereocenters. The maximum absolute atomic E-state index is 12.5. The van der Waals surface area contributed by atoms with Crippen molar-refractivity contribution in [3.05, 3.63) is 41.7 Å². The van der Waals surface area contributed by atoms with Crippen molar-refractivity contribution in [2.45, 2.75) is 22.8 Å². The summed E-state index contributed by atoms with van der Waals surface area (Å²) in [5.74, 6) is 2.46. The number of carbonyl (C=O) groups is 1. The van der Waals surface area contributed by atoms with Gasteiger partial charge in [-0.25, -0.2) is 8.42 Å². The van der Waals surface area contributed by atoms with E-state index < -0.39 is 10.0 Å². The lowest BCUT2D eigenvalue weighted by molar-refractivity contribution is -0.125. The highest BCUT2D eigenvalue weighted by atomic mass is 32.2. The Kier molecular flexibility index (Phi) is 6.80. The van der Waals surface area contributed by atoms with Crippen LogP contribution in [-0.2, 0) is 20.6 Å². The number of hydrogen-bond acceptors (Lipinski definition) is 6. The van der Waals surface area contributed by atoms with Crippen LogP contribution in [0.15, 0.2) is 44.5 Å². The van der Waals surface area contributed by atoms with E-state index in [2.05, 4.69) is 5.32 Å². The summed E-state index contributed by atoms with van der Waals surface area (Å²) in [6, 6.07) is 7.16. The Morgan fingerprint density at radius 1 is 1.31 bits per heavy atom. The van der Waals surface area contributed by atoms with E-state index in [1.165, 1.54) is 15.6 Å². The highest BCUT2D eigenvalue weighted by Crippen LogP contribution is 2.26. The van der Waals surface area contributed by atoms with Crippen molar-refractivity contribution in [3.8, 4) is 0 Å². The van der Waals surface area contributed by atoms with Gasteiger partial charge in [-0.1, -0.05) is 6.07 Å². The minimum Gasteiger partial charge on any atom is -0.468 e. The summed E-state index contributed by atoms with van der Waals surface area (Å²) in [5, 5.41) is 4.72. The normalized spacial score (nSPS) is 16.6. The fourth-order valence-electron chi connectivity index (χ4n) is 2.85. The molecule has 1 saturated heterocycles. The summed E-state index contributed by atoms with van der Waals surface area (Å²) in [4.78, 5) is 12.3. The van der Waals surface area contributed by atoms with Gasteiger partial charge in [0, 0.05) is 31.3 Å². The average molecular weight is 415 g/mol. The number of furan rings is 1. The molecule has 9 heteroatoms. The van der Waals surface area contributed by atoms with E-state index in [9.17, 15) is 13.2 Å². The van der Waals surface area contributed by atoms with E-state index in [0.29, 0.717) is 36.7 Å². The largest absolute Gasteiger partial charge is 0.468 e. The van der Waals surface area contributed by atoms with Crippen LogP contribution in [0.25, 0.3) is 0 Å². The Labute approximate surface area is 162 Å². The number of rotatable bonds is 8. The van der Waals surface area contributed by atoms with Crippen molar-refractivity contribution >= 4 is 39.0 Å². The molecule has 0 aliphatic carbocycles. The molecule has 142 valence electrons. The van der Waals surface area contributed by atoms with Gasteiger partial charge in [0.25, 0.3) is 10.0 Å². The zero-order chi connectivity index (χ0) is 18.4. The van der Waals surface area contributed by atoms with Gasteiger partial charge in [0.05, 0.1) is 12.0 Å². The first-order valence-corrected chi connectivity index (χ1v) is 12.0. The van der Waals surface area contributed by atoms with Gasteiger partial charge in [-0.05, 0) is 36.4 Å². The Morgan fingerprint density at radius 2 is 2.12 bits per heavy atom. The third-order valence-corrected chi connectivity index (χ3v) is 8.54. The number of thioether (sulfide) groups is 1. The molecular weight excluding hydrogens is 392 g/mol. The molecule has 0 radical (unpaired) electrons. The third-order valence-electron chi connectivity index (χ3n) is 4.28. The van der Waals surface area contributed by atoms with E-state index in [0.717, 1.165) is 17.3 Å². The standard InChI is InChI=1S/C17H22N2O4S3/c20-17(18-7-12-24-13-15-3-1-10-23-15)14-5-8-19(9-6-14)26(21,22)16-4-2-11-25-16/h1-4,10-11,14H,5-9,12-13H2,(H,18,20). The molecule has 0 aromatic carbocycles. The van der Waals surface area contributed by atoms with Crippen LogP contribution in [-0.4, -0.2) is 44.0 Å². The Bertz CT molecular complexity index is 780. The zero-order valence-corrected chi connectivity index (χ0v) is 16.7. The van der Waals surface area contributed by atoms with Crippen molar-refractivity contribution in [1.82, 2.24) is 9.62 Å². The molecule has 2 aromatic rings. The van der Waals surface area contributed by atoms with Crippen LogP contribution < -0.4 is 5.32 Å². The smallest absolute Gasteiger partial charge is 0.252 e. The van der Waals surface area contributed by atoms with E-state index in [1.54, 1.807) is 35.5 Å². The first-order chi connectivity index (χ1) is 12.6. The Morgan fingerprint density at radius 3 is 2.77 bits per heavy atom. The van der Waals surface area contributed by atoms with Gasteiger partial charge in [-0.2, -0.15) is 16.1 Å². The minimum absolute atomic E-state index is 0.0248. The SMILES string of the molecule is O=C(NCCSCc1ccco1)C1CCN(S(=O)(=O)c2cccs2)CC1. The maximum Gasteiger partial charge on any atom is 0.252 e. The van der Waals surface area contributed by atoms with Crippen molar-refractivity contribution in [1.29, 1.82) is 0 Å². The number of sulfonamides is 1. The van der Waals surface area contributed by atoms with Crippen molar-refractivity contribution in [3.63, 3.8) is 0 Å². The molecule has 3 rings (SSSR count). The quantitative estimate of drug-likeness (QED) is 0.672. The van der Waals surface area contributed by atoms with Gasteiger partial charge in [-0.3, -0.25) is 4.79 Å². The van der Waals surface area contributed by atoms with Crippen LogP contribution in [0.3, 0.4) is 0 Å². The van der Waals surface area contributed by atoms with Gasteiger partial charge in [0.15, 0.2) is 0 Å². The van der Waals surface area contributed by atoms with Crippen molar-refractivity contribution in [2.24, 2.45) is 5.92 Å². The van der Waals surface area contributed by atoms with E-state index in [4.69, 9.17) is 4.42 Å². The first kappa shape index (κ1) is 19.5. The molecule has 1 fully saturated rings. The zero-order valence-electron chi connectivity index (χ0n) is 14.3. The summed E-state index contributed by atoms with van der Waals surface area (Å²) in [7, 11) is -3.41. The Balaban J connectivity index is 1.37. The summed E-state index contributed by atoms with van der Waals surface area (Å²) >= 11 is 2.93. The highest BCUT2D eigenvalue weighted by molar-refractivity contribution is 7.98. The molecule has 1 N–H and O–H groups in total. The number of nitrogens with zero attached hydrogens (tertiary/aromatic N) is 1. The molecule has 6 nitrogen and oxygen atoms in total. The fraction of sp³-hybridized carbons (Fsp3) is 0.471. The molecule has 0 unspecified atom stereocenters. The predicted octanol–water partition coefficient (Wildman–Crippen LogP) is 2.79. The molecule has 2 aromatic heterocycles. The number of piperidine rings is 1. The van der Waals surface area contributed by atoms with Gasteiger partial charge in [-0.15, -0.1) is 11.3 Å². The summed E-state index contributed by atoms with van der Waals surface area (Å²) in [5.41, 5.74) is 0. The first-order valence-electron chi connectivity index (χ1n) is 8.49. The number of hydrogen-bond donors (Lipinski definition) is 1. The summed E-state index contributed by atoms with van der Waals surface area (Å²) < 4.78 is 32.1. The maximum atomic E-state index is 12.5. The van der Waals surface area contributed by atoms with E-state index in [1.807, 2.05) is 12.1 Å². The van der Waals surface area contributed by atoms with Crippen LogP contribution >= 0.6 is 23.1 Å². The average Bonchev–Trinajstić information content (AvgIpc) is 3.35. The second-order valence-electron chi connectivity index (χ2n) is 6.03. The molecule has 0 bridgehead atoms. The summed E-state index contributed by atoms with van der Waals surface area (Å²) in [6.45, 7) is 1.40. The van der Waals surface area contributed by atoms with Crippen LogP contribution in [0.1, 0.15) is 18.6 Å². The van der Waals surface area contributed by atoms with Gasteiger partial charge < -0.3 is 9.73 Å². The third kappa shape index (κ3) is 4.91. The van der Waals surface area contributed by atoms with Crippen LogP contribution in [0.2, 0.25) is 0 Å². The van der Waals surface area contributed by atoms with Gasteiger partial charge in [0.1, 0.15) is 9.97 Å². The fourth-order valence-corrected chi connectivity index (χ4v) is 6.22. The molecule has 1 aliphatic rings. The molecular formula is C17H22N2O4S3. The lowest BCUT2D eigenvalue weighted by atomic mass is 9.97. The monoisotopic (exact) mass is 414 g/mol. The van der Waals surface area contributed by atoms with Crippen molar-refractivity contribution < 1.29 is 17.6 Å². The molecule has 1 amide bonds. The van der Waals surface area contributed by atoms with Crippen LogP contribution in [0, 0.1) is 5.92 Å². The van der Waals surface area contributed by atoms with Crippen LogP contribution in [0.5, 0.6) is 0 Å². The van der Waals surface area contributed by atoms with Crippen LogP contribution in [0.4, 0.5) is 0 Å². The molecule has 0 spiro atoms. The molecule has 26 heavy (non-hydrogen) atoms. The molecule has 0 saturated carbocycles. The lowest BCUT2D eigenvalue weighted by Gasteiger charge is -2.30. The molecule has 3 heterocycles. The van der Waals surface area contributed by atoms with E-state index in [-0.39, 0.29) is 11.8 Å². The summed E-state index contributed by atoms with van der Waals surface area (Å²) in [6.07, 6.45) is 2.79. The van der Waals surface area contributed by atoms with Gasteiger partial charge >= 0.3 is 0 Å². The topological polar surface area (TPSA) is 79.6 Å². The van der Waals surface area contributed by atoms with E-state index >= 15 is 0 Å². The second-order valence-corrected chi connectivity index (χ2v) is 10.3. The Hall–Kier alpha value is -1.29. The number of nitrogens with one attached hydrogen (secondary N) is 1. The van der Waals surface area contributed by atoms with Crippen molar-refractivity contribution in [2.75, 3.05) is 25.4 Å². The molecule has 1 aliphatic heterocycles. The second kappa shape index (κ2) is 9.07. The number of thiophene rings is 1. The lowest BCUT2D eigenvalue weighted by Crippen LogP contribution is -2.43.